The minimum absolute atomic E-state index is 0.114. The summed E-state index contributed by atoms with van der Waals surface area (Å²) >= 11 is 0. The number of ether oxygens (including phenoxy) is 1. The number of benzene rings is 2. The number of rotatable bonds is 0. The Kier molecular flexibility index (Phi) is 1.60. The fourth-order valence-electron chi connectivity index (χ4n) is 2.14. The third-order valence-electron chi connectivity index (χ3n) is 2.89. The monoisotopic (exact) mass is 198 g/mol. The molecule has 74 valence electrons. The SMILES string of the molecule is CC1OC(=O)c2c1ccc1ccccc21. The maximum Gasteiger partial charge on any atom is 0.339 e. The van der Waals surface area contributed by atoms with E-state index in [1.54, 1.807) is 0 Å². The maximum atomic E-state index is 11.7. The molecule has 1 aliphatic heterocycles. The van der Waals surface area contributed by atoms with Crippen LogP contribution in [0.25, 0.3) is 10.8 Å². The maximum absolute atomic E-state index is 11.7. The summed E-state index contributed by atoms with van der Waals surface area (Å²) in [6, 6.07) is 11.9. The topological polar surface area (TPSA) is 26.3 Å². The molecule has 1 unspecified atom stereocenters. The summed E-state index contributed by atoms with van der Waals surface area (Å²) in [5, 5.41) is 2.08. The number of esters is 1. The number of carbonyl (C=O) groups excluding carboxylic acids is 1. The second-order valence-electron chi connectivity index (χ2n) is 3.80. The second-order valence-corrected chi connectivity index (χ2v) is 3.80. The van der Waals surface area contributed by atoms with Crippen molar-refractivity contribution in [2.75, 3.05) is 0 Å². The molecule has 2 nitrogen and oxygen atoms in total. The lowest BCUT2D eigenvalue weighted by atomic mass is 9.98. The predicted molar refractivity (Wildman–Crippen MR) is 57.8 cm³/mol. The van der Waals surface area contributed by atoms with Crippen LogP contribution in [0.15, 0.2) is 36.4 Å². The molecule has 0 amide bonds. The summed E-state index contributed by atoms with van der Waals surface area (Å²) < 4.78 is 5.20. The summed E-state index contributed by atoms with van der Waals surface area (Å²) in [7, 11) is 0. The smallest absolute Gasteiger partial charge is 0.339 e. The Balaban J connectivity index is 2.44. The molecule has 0 saturated carbocycles. The van der Waals surface area contributed by atoms with E-state index in [2.05, 4.69) is 0 Å². The average molecular weight is 198 g/mol. The lowest BCUT2D eigenvalue weighted by molar-refractivity contribution is 0.0423. The Morgan fingerprint density at radius 2 is 1.93 bits per heavy atom. The molecule has 1 atom stereocenters. The van der Waals surface area contributed by atoms with Crippen LogP contribution in [0.3, 0.4) is 0 Å². The first kappa shape index (κ1) is 8.48. The summed E-state index contributed by atoms with van der Waals surface area (Å²) in [5.74, 6) is -0.200. The van der Waals surface area contributed by atoms with E-state index >= 15 is 0 Å². The van der Waals surface area contributed by atoms with Crippen LogP contribution in [0.1, 0.15) is 28.9 Å². The molecule has 2 aromatic rings. The van der Waals surface area contributed by atoms with Gasteiger partial charge in [0.1, 0.15) is 6.10 Å². The van der Waals surface area contributed by atoms with Crippen molar-refractivity contribution in [1.29, 1.82) is 0 Å². The molecule has 1 aliphatic rings. The van der Waals surface area contributed by atoms with Gasteiger partial charge in [-0.1, -0.05) is 36.4 Å². The first-order valence-electron chi connectivity index (χ1n) is 5.00. The first-order valence-corrected chi connectivity index (χ1v) is 5.00. The third-order valence-corrected chi connectivity index (χ3v) is 2.89. The lowest BCUT2D eigenvalue weighted by Crippen LogP contribution is -1.95. The highest BCUT2D eigenvalue weighted by Gasteiger charge is 2.29. The van der Waals surface area contributed by atoms with Crippen LogP contribution in [-0.4, -0.2) is 5.97 Å². The number of carbonyl (C=O) groups is 1. The largest absolute Gasteiger partial charge is 0.454 e. The van der Waals surface area contributed by atoms with Gasteiger partial charge in [0.05, 0.1) is 5.56 Å². The van der Waals surface area contributed by atoms with Crippen molar-refractivity contribution in [2.24, 2.45) is 0 Å². The van der Waals surface area contributed by atoms with E-state index in [0.717, 1.165) is 21.9 Å². The van der Waals surface area contributed by atoms with Crippen molar-refractivity contribution in [2.45, 2.75) is 13.0 Å². The molecular formula is C13H10O2. The lowest BCUT2D eigenvalue weighted by Gasteiger charge is -2.03. The highest BCUT2D eigenvalue weighted by molar-refractivity contribution is 6.07. The van der Waals surface area contributed by atoms with Gasteiger partial charge in [-0.2, -0.15) is 0 Å². The van der Waals surface area contributed by atoms with Crippen LogP contribution in [0, 0.1) is 0 Å². The van der Waals surface area contributed by atoms with E-state index < -0.39 is 0 Å². The normalized spacial score (nSPS) is 19.0. The Bertz CT molecular complexity index is 557. The summed E-state index contributed by atoms with van der Waals surface area (Å²) in [4.78, 5) is 11.7. The van der Waals surface area contributed by atoms with Gasteiger partial charge in [-0.3, -0.25) is 0 Å². The van der Waals surface area contributed by atoms with E-state index in [1.807, 2.05) is 43.3 Å². The van der Waals surface area contributed by atoms with E-state index in [1.165, 1.54) is 0 Å². The zero-order valence-corrected chi connectivity index (χ0v) is 8.36. The van der Waals surface area contributed by atoms with Crippen LogP contribution in [0.5, 0.6) is 0 Å². The molecule has 0 saturated heterocycles. The van der Waals surface area contributed by atoms with Crippen LogP contribution in [0.4, 0.5) is 0 Å². The number of hydrogen-bond acceptors (Lipinski definition) is 2. The highest BCUT2D eigenvalue weighted by Crippen LogP contribution is 2.34. The molecule has 0 aromatic heterocycles. The molecule has 2 aromatic carbocycles. The van der Waals surface area contributed by atoms with Crippen molar-refractivity contribution in [1.82, 2.24) is 0 Å². The second kappa shape index (κ2) is 2.83. The standard InChI is InChI=1S/C13H10O2/c1-8-10-7-6-9-4-2-3-5-11(9)12(10)13(14)15-8/h2-8H,1H3. The Morgan fingerprint density at radius 3 is 2.80 bits per heavy atom. The van der Waals surface area contributed by atoms with Gasteiger partial charge in [-0.25, -0.2) is 4.79 Å². The number of fused-ring (bicyclic) bond motifs is 3. The van der Waals surface area contributed by atoms with Crippen molar-refractivity contribution in [3.05, 3.63) is 47.5 Å². The fraction of sp³-hybridized carbons (Fsp3) is 0.154. The Hall–Kier alpha value is -1.83. The van der Waals surface area contributed by atoms with Gasteiger partial charge in [-0.05, 0) is 17.7 Å². The highest BCUT2D eigenvalue weighted by atomic mass is 16.5. The van der Waals surface area contributed by atoms with E-state index in [0.29, 0.717) is 0 Å². The average Bonchev–Trinajstić information content (AvgIpc) is 2.55. The van der Waals surface area contributed by atoms with E-state index in [9.17, 15) is 4.79 Å². The third kappa shape index (κ3) is 1.08. The van der Waals surface area contributed by atoms with Crippen LogP contribution in [0.2, 0.25) is 0 Å². The Morgan fingerprint density at radius 1 is 1.13 bits per heavy atom. The zero-order valence-electron chi connectivity index (χ0n) is 8.36. The fourth-order valence-corrected chi connectivity index (χ4v) is 2.14. The Labute approximate surface area is 87.5 Å². The van der Waals surface area contributed by atoms with Gasteiger partial charge in [0, 0.05) is 5.56 Å². The first-order chi connectivity index (χ1) is 7.27. The molecular weight excluding hydrogens is 188 g/mol. The van der Waals surface area contributed by atoms with Gasteiger partial charge >= 0.3 is 5.97 Å². The van der Waals surface area contributed by atoms with Crippen molar-refractivity contribution < 1.29 is 9.53 Å². The van der Waals surface area contributed by atoms with Gasteiger partial charge in [0.25, 0.3) is 0 Å². The molecule has 0 aliphatic carbocycles. The molecule has 15 heavy (non-hydrogen) atoms. The molecule has 0 N–H and O–H groups in total. The minimum atomic E-state index is -0.200. The van der Waals surface area contributed by atoms with Crippen LogP contribution in [-0.2, 0) is 4.74 Å². The van der Waals surface area contributed by atoms with Gasteiger partial charge in [0.15, 0.2) is 0 Å². The van der Waals surface area contributed by atoms with Crippen molar-refractivity contribution >= 4 is 16.7 Å². The molecule has 1 heterocycles. The molecule has 0 bridgehead atoms. The van der Waals surface area contributed by atoms with E-state index in [4.69, 9.17) is 4.74 Å². The van der Waals surface area contributed by atoms with Crippen LogP contribution < -0.4 is 0 Å². The summed E-state index contributed by atoms with van der Waals surface area (Å²) in [6.45, 7) is 1.90. The number of hydrogen-bond donors (Lipinski definition) is 0. The zero-order chi connectivity index (χ0) is 10.4. The van der Waals surface area contributed by atoms with Gasteiger partial charge < -0.3 is 4.74 Å². The molecule has 2 heteroatoms. The predicted octanol–water partition coefficient (Wildman–Crippen LogP) is 3.07. The van der Waals surface area contributed by atoms with Gasteiger partial charge in [0.2, 0.25) is 0 Å². The molecule has 0 fully saturated rings. The minimum Gasteiger partial charge on any atom is -0.454 e. The van der Waals surface area contributed by atoms with Crippen LogP contribution >= 0.6 is 0 Å². The molecule has 3 rings (SSSR count). The van der Waals surface area contributed by atoms with Crippen molar-refractivity contribution in [3.8, 4) is 0 Å². The quantitative estimate of drug-likeness (QED) is 0.608. The van der Waals surface area contributed by atoms with Crippen molar-refractivity contribution in [3.63, 3.8) is 0 Å². The van der Waals surface area contributed by atoms with E-state index in [-0.39, 0.29) is 12.1 Å². The number of cyclic esters (lactones) is 1. The summed E-state index contributed by atoms with van der Waals surface area (Å²) in [6.07, 6.45) is -0.114. The van der Waals surface area contributed by atoms with Gasteiger partial charge in [-0.15, -0.1) is 0 Å². The molecule has 0 spiro atoms. The summed E-state index contributed by atoms with van der Waals surface area (Å²) in [5.41, 5.74) is 1.74. The molecule has 0 radical (unpaired) electrons.